The van der Waals surface area contributed by atoms with Crippen LogP contribution in [0.3, 0.4) is 0 Å². The van der Waals surface area contributed by atoms with E-state index in [1.54, 1.807) is 0 Å². The number of hydrogen-bond donors (Lipinski definition) is 2. The molecule has 0 aromatic heterocycles. The minimum atomic E-state index is -4.86. The van der Waals surface area contributed by atoms with E-state index >= 15 is 0 Å². The summed E-state index contributed by atoms with van der Waals surface area (Å²) in [6, 6.07) is 0. The molecule has 0 aliphatic rings. The molecule has 0 spiro atoms. The number of rotatable bonds is 5. The normalized spacial score (nSPS) is 13.3. The topological polar surface area (TPSA) is 118 Å². The Balaban J connectivity index is 4.40. The van der Waals surface area contributed by atoms with Gasteiger partial charge in [0.05, 0.1) is 12.3 Å². The summed E-state index contributed by atoms with van der Waals surface area (Å²) in [5, 5.41) is 8.34. The molecule has 0 amide bonds. The first-order valence-electron chi connectivity index (χ1n) is 3.68. The lowest BCUT2D eigenvalue weighted by Gasteiger charge is -2.08. The van der Waals surface area contributed by atoms with Crippen molar-refractivity contribution in [3.05, 3.63) is 0 Å². The predicted octanol–water partition coefficient (Wildman–Crippen LogP) is -0.167. The van der Waals surface area contributed by atoms with Crippen LogP contribution in [0.4, 0.5) is 0 Å². The highest BCUT2D eigenvalue weighted by atomic mass is 32.3. The van der Waals surface area contributed by atoms with Gasteiger partial charge < -0.3 is 9.29 Å². The summed E-state index contributed by atoms with van der Waals surface area (Å²) in [4.78, 5) is 21.1. The van der Waals surface area contributed by atoms with Crippen LogP contribution in [0.15, 0.2) is 0 Å². The van der Waals surface area contributed by atoms with Gasteiger partial charge in [0.15, 0.2) is 0 Å². The predicted molar refractivity (Wildman–Crippen MR) is 43.7 cm³/mol. The maximum absolute atomic E-state index is 10.9. The van der Waals surface area contributed by atoms with Crippen LogP contribution in [-0.4, -0.2) is 30.0 Å². The summed E-state index contributed by atoms with van der Waals surface area (Å²) in [5.41, 5.74) is 0. The monoisotopic (exact) mass is 226 g/mol. The molecule has 82 valence electrons. The van der Waals surface area contributed by atoms with Crippen LogP contribution < -0.4 is 0 Å². The van der Waals surface area contributed by atoms with Gasteiger partial charge in [-0.2, -0.15) is 8.42 Å². The summed E-state index contributed by atoms with van der Waals surface area (Å²) in [6.45, 7) is 1.50. The Morgan fingerprint density at radius 2 is 1.93 bits per heavy atom. The average Bonchev–Trinajstić information content (AvgIpc) is 1.96. The fourth-order valence-electron chi connectivity index (χ4n) is 0.777. The van der Waals surface area contributed by atoms with E-state index in [1.807, 2.05) is 0 Å². The summed E-state index contributed by atoms with van der Waals surface area (Å²) >= 11 is 0. The molecule has 1 atom stereocenters. The number of carbonyl (C=O) groups is 2. The molecule has 2 N–H and O–H groups in total. The molecule has 0 aromatic rings. The van der Waals surface area contributed by atoms with E-state index in [0.29, 0.717) is 0 Å². The second-order valence-corrected chi connectivity index (χ2v) is 3.56. The van der Waals surface area contributed by atoms with Crippen molar-refractivity contribution >= 4 is 22.3 Å². The minimum Gasteiger partial charge on any atom is -0.481 e. The standard InChI is InChI=1S/C6H10O7S/c1-2-4(3-5(7)8)6(9)13-14(10,11)12/h4H,2-3H2,1H3,(H,7,8)(H,10,11,12). The number of hydrogen-bond acceptors (Lipinski definition) is 5. The van der Waals surface area contributed by atoms with Gasteiger partial charge in [0.25, 0.3) is 0 Å². The van der Waals surface area contributed by atoms with E-state index in [0.717, 1.165) is 0 Å². The first-order chi connectivity index (χ1) is 6.26. The fraction of sp³-hybridized carbons (Fsp3) is 0.667. The van der Waals surface area contributed by atoms with Gasteiger partial charge in [-0.15, -0.1) is 0 Å². The van der Waals surface area contributed by atoms with Gasteiger partial charge >= 0.3 is 22.3 Å². The Morgan fingerprint density at radius 3 is 2.21 bits per heavy atom. The van der Waals surface area contributed by atoms with Crippen LogP contribution in [-0.2, 0) is 24.2 Å². The Hall–Kier alpha value is -1.15. The molecule has 0 saturated carbocycles. The molecule has 0 aromatic carbocycles. The van der Waals surface area contributed by atoms with Gasteiger partial charge in [-0.05, 0) is 6.42 Å². The highest BCUT2D eigenvalue weighted by Crippen LogP contribution is 2.11. The number of carbonyl (C=O) groups excluding carboxylic acids is 1. The highest BCUT2D eigenvalue weighted by Gasteiger charge is 2.25. The lowest BCUT2D eigenvalue weighted by molar-refractivity contribution is -0.146. The zero-order valence-electron chi connectivity index (χ0n) is 7.34. The first kappa shape index (κ1) is 12.8. The number of carboxylic acids is 1. The third kappa shape index (κ3) is 5.49. The third-order valence-electron chi connectivity index (χ3n) is 1.43. The van der Waals surface area contributed by atoms with Crippen molar-refractivity contribution in [2.75, 3.05) is 0 Å². The second kappa shape index (κ2) is 4.91. The molecule has 0 saturated heterocycles. The molecule has 1 unspecified atom stereocenters. The van der Waals surface area contributed by atoms with Crippen molar-refractivity contribution in [3.8, 4) is 0 Å². The molecule has 7 nitrogen and oxygen atoms in total. The maximum Gasteiger partial charge on any atom is 0.448 e. The molecule has 8 heteroatoms. The zero-order chi connectivity index (χ0) is 11.4. The Morgan fingerprint density at radius 1 is 1.43 bits per heavy atom. The fourth-order valence-corrected chi connectivity index (χ4v) is 1.12. The summed E-state index contributed by atoms with van der Waals surface area (Å²) < 4.78 is 32.0. The quantitative estimate of drug-likeness (QED) is 0.625. The van der Waals surface area contributed by atoms with Crippen molar-refractivity contribution < 1.29 is 31.8 Å². The Bertz CT molecular complexity index is 317. The molecule has 0 rings (SSSR count). The number of carboxylic acid groups (broad SMARTS) is 1. The van der Waals surface area contributed by atoms with Crippen LogP contribution in [0.2, 0.25) is 0 Å². The van der Waals surface area contributed by atoms with Crippen molar-refractivity contribution in [1.82, 2.24) is 0 Å². The van der Waals surface area contributed by atoms with Gasteiger partial charge in [-0.1, -0.05) is 6.92 Å². The van der Waals surface area contributed by atoms with Crippen LogP contribution in [0.1, 0.15) is 19.8 Å². The van der Waals surface area contributed by atoms with Gasteiger partial charge in [0.2, 0.25) is 0 Å². The maximum atomic E-state index is 10.9. The summed E-state index contributed by atoms with van der Waals surface area (Å²) in [5.74, 6) is -3.59. The second-order valence-electron chi connectivity index (χ2n) is 2.53. The highest BCUT2D eigenvalue weighted by molar-refractivity contribution is 7.81. The lowest BCUT2D eigenvalue weighted by Crippen LogP contribution is -2.23. The average molecular weight is 226 g/mol. The van der Waals surface area contributed by atoms with Crippen molar-refractivity contribution in [1.29, 1.82) is 0 Å². The lowest BCUT2D eigenvalue weighted by atomic mass is 10.0. The van der Waals surface area contributed by atoms with Crippen LogP contribution >= 0.6 is 0 Å². The molecule has 0 fully saturated rings. The Labute approximate surface area is 80.6 Å². The Kier molecular flexibility index (Phi) is 4.51. The van der Waals surface area contributed by atoms with Crippen LogP contribution in [0.25, 0.3) is 0 Å². The van der Waals surface area contributed by atoms with Crippen molar-refractivity contribution in [3.63, 3.8) is 0 Å². The molecule has 0 bridgehead atoms. The molecular formula is C6H10O7S. The summed E-state index contributed by atoms with van der Waals surface area (Å²) in [7, 11) is -4.86. The smallest absolute Gasteiger partial charge is 0.448 e. The van der Waals surface area contributed by atoms with Crippen LogP contribution in [0, 0.1) is 5.92 Å². The molecule has 14 heavy (non-hydrogen) atoms. The zero-order valence-corrected chi connectivity index (χ0v) is 8.15. The largest absolute Gasteiger partial charge is 0.481 e. The van der Waals surface area contributed by atoms with E-state index in [9.17, 15) is 18.0 Å². The molecular weight excluding hydrogens is 216 g/mol. The van der Waals surface area contributed by atoms with E-state index < -0.39 is 34.7 Å². The third-order valence-corrected chi connectivity index (χ3v) is 1.81. The van der Waals surface area contributed by atoms with Crippen molar-refractivity contribution in [2.45, 2.75) is 19.8 Å². The van der Waals surface area contributed by atoms with Gasteiger partial charge in [-0.3, -0.25) is 14.1 Å². The van der Waals surface area contributed by atoms with E-state index in [4.69, 9.17) is 9.66 Å². The van der Waals surface area contributed by atoms with Gasteiger partial charge in [-0.25, -0.2) is 0 Å². The first-order valence-corrected chi connectivity index (χ1v) is 5.05. The van der Waals surface area contributed by atoms with Gasteiger partial charge in [0.1, 0.15) is 0 Å². The van der Waals surface area contributed by atoms with Crippen LogP contribution in [0.5, 0.6) is 0 Å². The SMILES string of the molecule is CCC(CC(=O)O)C(=O)OS(=O)(=O)O. The molecule has 0 radical (unpaired) electrons. The van der Waals surface area contributed by atoms with E-state index in [1.165, 1.54) is 6.92 Å². The molecule has 0 aliphatic carbocycles. The number of aliphatic carboxylic acids is 1. The molecule has 0 heterocycles. The minimum absolute atomic E-state index is 0.112. The van der Waals surface area contributed by atoms with Crippen molar-refractivity contribution in [2.24, 2.45) is 5.92 Å². The van der Waals surface area contributed by atoms with E-state index in [-0.39, 0.29) is 6.42 Å². The van der Waals surface area contributed by atoms with E-state index in [2.05, 4.69) is 4.18 Å². The summed E-state index contributed by atoms with van der Waals surface area (Å²) in [6.07, 6.45) is -0.425. The molecule has 0 aliphatic heterocycles. The van der Waals surface area contributed by atoms with Gasteiger partial charge in [0, 0.05) is 0 Å².